The highest BCUT2D eigenvalue weighted by Gasteiger charge is 2.17. The standard InChI is InChI=1S/C10H19ClO4.2C2H6/c1-4-7(2)9(5-12)14-6-15-10(13)8(3)11;2*1-2/h7-9,12H,4-6H2,1-3H3;2*1-2H3/t7-,8?,9?;;/m0../s1. The first-order chi connectivity index (χ1) is 9.02. The summed E-state index contributed by atoms with van der Waals surface area (Å²) in [5.74, 6) is -0.292. The monoisotopic (exact) mass is 298 g/mol. The van der Waals surface area contributed by atoms with Gasteiger partial charge in [0.1, 0.15) is 5.38 Å². The molecule has 5 heteroatoms. The molecule has 1 N–H and O–H groups in total. The van der Waals surface area contributed by atoms with Gasteiger partial charge in [0.15, 0.2) is 6.79 Å². The average molecular weight is 299 g/mol. The lowest BCUT2D eigenvalue weighted by atomic mass is 10.0. The molecule has 118 valence electrons. The van der Waals surface area contributed by atoms with Crippen LogP contribution in [0.4, 0.5) is 0 Å². The molecule has 0 aliphatic rings. The number of hydrogen-bond acceptors (Lipinski definition) is 4. The summed E-state index contributed by atoms with van der Waals surface area (Å²) in [6.07, 6.45) is 0.596. The molecule has 0 heterocycles. The van der Waals surface area contributed by atoms with E-state index in [-0.39, 0.29) is 25.4 Å². The molecule has 0 aromatic rings. The zero-order valence-electron chi connectivity index (χ0n) is 13.4. The summed E-state index contributed by atoms with van der Waals surface area (Å²) in [4.78, 5) is 11.0. The second-order valence-corrected chi connectivity index (χ2v) is 4.13. The molecule has 3 atom stereocenters. The first-order valence-electron chi connectivity index (χ1n) is 7.06. The van der Waals surface area contributed by atoms with Crippen LogP contribution in [0, 0.1) is 5.92 Å². The van der Waals surface area contributed by atoms with Gasteiger partial charge in [0.05, 0.1) is 12.7 Å². The lowest BCUT2D eigenvalue weighted by Gasteiger charge is -2.20. The van der Waals surface area contributed by atoms with E-state index < -0.39 is 11.3 Å². The van der Waals surface area contributed by atoms with Crippen LogP contribution < -0.4 is 0 Å². The van der Waals surface area contributed by atoms with Gasteiger partial charge >= 0.3 is 5.97 Å². The van der Waals surface area contributed by atoms with Gasteiger partial charge in [-0.2, -0.15) is 0 Å². The van der Waals surface area contributed by atoms with Crippen LogP contribution in [0.15, 0.2) is 0 Å². The van der Waals surface area contributed by atoms with E-state index in [4.69, 9.17) is 26.2 Å². The fourth-order valence-corrected chi connectivity index (χ4v) is 1.02. The fourth-order valence-electron chi connectivity index (χ4n) is 0.954. The number of aliphatic hydroxyl groups excluding tert-OH is 1. The molecule has 0 spiro atoms. The van der Waals surface area contributed by atoms with Crippen LogP contribution >= 0.6 is 11.6 Å². The van der Waals surface area contributed by atoms with Crippen molar-refractivity contribution in [3.05, 3.63) is 0 Å². The van der Waals surface area contributed by atoms with Gasteiger partial charge in [-0.3, -0.25) is 4.79 Å². The molecule has 0 aliphatic carbocycles. The molecule has 0 fully saturated rings. The Balaban J connectivity index is -0.000000579. The van der Waals surface area contributed by atoms with Gasteiger partial charge in [-0.05, 0) is 12.8 Å². The first kappa shape index (κ1) is 23.7. The third-order valence-electron chi connectivity index (χ3n) is 2.27. The Hall–Kier alpha value is -0.320. The third-order valence-corrected chi connectivity index (χ3v) is 2.44. The van der Waals surface area contributed by atoms with Crippen LogP contribution in [0.2, 0.25) is 0 Å². The van der Waals surface area contributed by atoms with Gasteiger partial charge in [0.2, 0.25) is 0 Å². The summed E-state index contributed by atoms with van der Waals surface area (Å²) in [7, 11) is 0. The van der Waals surface area contributed by atoms with Crippen molar-refractivity contribution in [1.29, 1.82) is 0 Å². The third kappa shape index (κ3) is 13.9. The maximum absolute atomic E-state index is 11.0. The van der Waals surface area contributed by atoms with Gasteiger partial charge in [0.25, 0.3) is 0 Å². The number of aliphatic hydroxyl groups is 1. The number of alkyl halides is 1. The molecular formula is C14H31ClO4. The molecule has 19 heavy (non-hydrogen) atoms. The van der Waals surface area contributed by atoms with Crippen LogP contribution in [0.5, 0.6) is 0 Å². The zero-order chi connectivity index (χ0) is 15.8. The summed E-state index contributed by atoms with van der Waals surface area (Å²) in [5, 5.41) is 8.33. The molecule has 0 amide bonds. The minimum absolute atomic E-state index is 0.0804. The maximum atomic E-state index is 11.0. The summed E-state index contributed by atoms with van der Waals surface area (Å²) < 4.78 is 9.94. The SMILES string of the molecule is CC.CC.CC[C@H](C)C(CO)OCOC(=O)C(C)Cl. The Labute approximate surface area is 123 Å². The largest absolute Gasteiger partial charge is 0.437 e. The topological polar surface area (TPSA) is 55.8 Å². The van der Waals surface area contributed by atoms with E-state index >= 15 is 0 Å². The van der Waals surface area contributed by atoms with Crippen LogP contribution in [-0.2, 0) is 14.3 Å². The predicted octanol–water partition coefficient (Wildman–Crippen LogP) is 3.59. The second-order valence-electron chi connectivity index (χ2n) is 3.47. The number of carbonyl (C=O) groups is 1. The minimum Gasteiger partial charge on any atom is -0.437 e. The molecule has 0 rings (SSSR count). The molecule has 0 aromatic carbocycles. The second kappa shape index (κ2) is 17.7. The normalized spacial score (nSPS) is 13.9. The molecule has 0 saturated heterocycles. The summed E-state index contributed by atoms with van der Waals surface area (Å²) >= 11 is 5.49. The molecule has 0 radical (unpaired) electrons. The van der Waals surface area contributed by atoms with Gasteiger partial charge < -0.3 is 14.6 Å². The van der Waals surface area contributed by atoms with Gasteiger partial charge in [0, 0.05) is 0 Å². The van der Waals surface area contributed by atoms with E-state index in [1.54, 1.807) is 0 Å². The van der Waals surface area contributed by atoms with Crippen molar-refractivity contribution < 1.29 is 19.4 Å². The van der Waals surface area contributed by atoms with Crippen molar-refractivity contribution in [1.82, 2.24) is 0 Å². The Morgan fingerprint density at radius 1 is 1.21 bits per heavy atom. The smallest absolute Gasteiger partial charge is 0.325 e. The Kier molecular flexibility index (Phi) is 22.1. The Morgan fingerprint density at radius 3 is 2.00 bits per heavy atom. The van der Waals surface area contributed by atoms with Crippen molar-refractivity contribution >= 4 is 17.6 Å². The van der Waals surface area contributed by atoms with E-state index in [0.29, 0.717) is 0 Å². The maximum Gasteiger partial charge on any atom is 0.325 e. The summed E-state index contributed by atoms with van der Waals surface area (Å²) in [6, 6.07) is 0. The van der Waals surface area contributed by atoms with Crippen molar-refractivity contribution in [3.8, 4) is 0 Å². The number of halogens is 1. The molecule has 0 aromatic heterocycles. The molecule has 0 saturated carbocycles. The highest BCUT2D eigenvalue weighted by molar-refractivity contribution is 6.29. The van der Waals surface area contributed by atoms with E-state index in [0.717, 1.165) is 6.42 Å². The lowest BCUT2D eigenvalue weighted by Crippen LogP contribution is -2.28. The lowest BCUT2D eigenvalue weighted by molar-refractivity contribution is -0.165. The van der Waals surface area contributed by atoms with Crippen LogP contribution in [0.3, 0.4) is 0 Å². The minimum atomic E-state index is -0.676. The van der Waals surface area contributed by atoms with E-state index in [1.165, 1.54) is 6.92 Å². The highest BCUT2D eigenvalue weighted by atomic mass is 35.5. The van der Waals surface area contributed by atoms with Crippen LogP contribution in [0.1, 0.15) is 54.9 Å². The summed E-state index contributed by atoms with van der Waals surface area (Å²) in [5.41, 5.74) is 0. The quantitative estimate of drug-likeness (QED) is 0.443. The van der Waals surface area contributed by atoms with E-state index in [2.05, 4.69) is 0 Å². The summed E-state index contributed by atoms with van der Waals surface area (Å²) in [6.45, 7) is 13.3. The van der Waals surface area contributed by atoms with Gasteiger partial charge in [-0.15, -0.1) is 11.6 Å². The number of esters is 1. The molecule has 0 bridgehead atoms. The molecule has 2 unspecified atom stereocenters. The zero-order valence-corrected chi connectivity index (χ0v) is 14.2. The van der Waals surface area contributed by atoms with Crippen LogP contribution in [-0.4, -0.2) is 36.0 Å². The fraction of sp³-hybridized carbons (Fsp3) is 0.929. The molecular weight excluding hydrogens is 268 g/mol. The highest BCUT2D eigenvalue weighted by Crippen LogP contribution is 2.11. The van der Waals surface area contributed by atoms with Gasteiger partial charge in [-0.25, -0.2) is 0 Å². The Bertz CT molecular complexity index is 186. The number of hydrogen-bond donors (Lipinski definition) is 1. The Morgan fingerprint density at radius 2 is 1.68 bits per heavy atom. The van der Waals surface area contributed by atoms with Gasteiger partial charge in [-0.1, -0.05) is 48.0 Å². The average Bonchev–Trinajstić information content (AvgIpc) is 2.46. The van der Waals surface area contributed by atoms with Crippen LogP contribution in [0.25, 0.3) is 0 Å². The molecule has 4 nitrogen and oxygen atoms in total. The van der Waals surface area contributed by atoms with Crippen molar-refractivity contribution in [2.45, 2.75) is 66.4 Å². The first-order valence-corrected chi connectivity index (χ1v) is 7.49. The number of rotatable bonds is 7. The van der Waals surface area contributed by atoms with E-state index in [1.807, 2.05) is 41.5 Å². The van der Waals surface area contributed by atoms with Crippen molar-refractivity contribution in [2.75, 3.05) is 13.4 Å². The predicted molar refractivity (Wildman–Crippen MR) is 80.4 cm³/mol. The van der Waals surface area contributed by atoms with E-state index in [9.17, 15) is 4.79 Å². The molecule has 0 aliphatic heterocycles. The number of carbonyl (C=O) groups excluding carboxylic acids is 1. The van der Waals surface area contributed by atoms with Crippen molar-refractivity contribution in [2.24, 2.45) is 5.92 Å². The number of ether oxygens (including phenoxy) is 2. The van der Waals surface area contributed by atoms with Crippen molar-refractivity contribution in [3.63, 3.8) is 0 Å².